The van der Waals surface area contributed by atoms with E-state index in [1.165, 1.54) is 18.2 Å². The fraction of sp³-hybridized carbons (Fsp3) is 0.0667. The summed E-state index contributed by atoms with van der Waals surface area (Å²) < 4.78 is 13.0. The molecule has 0 aliphatic heterocycles. The number of hydrogen-bond acceptors (Lipinski definition) is 3. The van der Waals surface area contributed by atoms with Gasteiger partial charge in [-0.3, -0.25) is 10.1 Å². The number of halogens is 1. The van der Waals surface area contributed by atoms with Crippen LogP contribution in [0.5, 0.6) is 5.75 Å². The van der Waals surface area contributed by atoms with Crippen LogP contribution < -0.4 is 10.6 Å². The molecule has 0 heterocycles. The summed E-state index contributed by atoms with van der Waals surface area (Å²) in [6.45, 7) is 1.84. The van der Waals surface area contributed by atoms with Gasteiger partial charge in [-0.05, 0) is 55.0 Å². The molecule has 0 atom stereocenters. The molecule has 3 N–H and O–H groups in total. The highest BCUT2D eigenvalue weighted by Crippen LogP contribution is 2.23. The van der Waals surface area contributed by atoms with E-state index < -0.39 is 11.7 Å². The molecule has 0 fully saturated rings. The van der Waals surface area contributed by atoms with E-state index in [-0.39, 0.29) is 16.4 Å². The third kappa shape index (κ3) is 4.00. The Balaban J connectivity index is 2.03. The van der Waals surface area contributed by atoms with Crippen LogP contribution in [0.15, 0.2) is 42.5 Å². The number of phenols is 1. The van der Waals surface area contributed by atoms with Crippen molar-refractivity contribution in [3.63, 3.8) is 0 Å². The van der Waals surface area contributed by atoms with Gasteiger partial charge in [0.05, 0.1) is 5.69 Å². The number of aryl methyl sites for hydroxylation is 1. The van der Waals surface area contributed by atoms with Gasteiger partial charge in [0.2, 0.25) is 0 Å². The number of nitrogens with one attached hydrogen (secondary N) is 2. The van der Waals surface area contributed by atoms with Crippen molar-refractivity contribution in [2.24, 2.45) is 0 Å². The van der Waals surface area contributed by atoms with E-state index in [1.54, 1.807) is 18.2 Å². The molecule has 21 heavy (non-hydrogen) atoms. The third-order valence-electron chi connectivity index (χ3n) is 2.72. The Morgan fingerprint density at radius 3 is 2.67 bits per heavy atom. The van der Waals surface area contributed by atoms with Gasteiger partial charge in [0, 0.05) is 5.56 Å². The molecule has 2 aromatic carbocycles. The zero-order chi connectivity index (χ0) is 15.4. The van der Waals surface area contributed by atoms with Crippen LogP contribution in [0.2, 0.25) is 0 Å². The lowest BCUT2D eigenvalue weighted by molar-refractivity contribution is 0.0977. The van der Waals surface area contributed by atoms with Gasteiger partial charge in [0.1, 0.15) is 11.6 Å². The maximum atomic E-state index is 13.0. The fourth-order valence-electron chi connectivity index (χ4n) is 1.71. The number of amides is 1. The topological polar surface area (TPSA) is 61.4 Å². The lowest BCUT2D eigenvalue weighted by atomic mass is 10.2. The van der Waals surface area contributed by atoms with Crippen LogP contribution in [0.3, 0.4) is 0 Å². The lowest BCUT2D eigenvalue weighted by Crippen LogP contribution is -2.34. The number of carbonyl (C=O) groups excluding carboxylic acids is 1. The van der Waals surface area contributed by atoms with Crippen molar-refractivity contribution < 1.29 is 14.3 Å². The monoisotopic (exact) mass is 304 g/mol. The van der Waals surface area contributed by atoms with Gasteiger partial charge in [0.25, 0.3) is 5.91 Å². The lowest BCUT2D eigenvalue weighted by Gasteiger charge is -2.11. The summed E-state index contributed by atoms with van der Waals surface area (Å²) in [5, 5.41) is 14.9. The number of hydrogen-bond donors (Lipinski definition) is 3. The van der Waals surface area contributed by atoms with Crippen LogP contribution in [-0.2, 0) is 0 Å². The van der Waals surface area contributed by atoms with Crippen LogP contribution in [0.4, 0.5) is 10.1 Å². The van der Waals surface area contributed by atoms with Crippen molar-refractivity contribution in [1.82, 2.24) is 5.32 Å². The Morgan fingerprint density at radius 2 is 2.00 bits per heavy atom. The number of aromatic hydroxyl groups is 1. The molecule has 0 radical (unpaired) electrons. The Hall–Kier alpha value is -2.47. The minimum atomic E-state index is -0.529. The second kappa shape index (κ2) is 6.32. The standard InChI is InChI=1S/C15H13FN2O2S/c1-9-5-6-12(13(19)7-9)17-15(21)18-14(20)10-3-2-4-11(16)8-10/h2-8,19H,1H3,(H2,17,18,20,21). The summed E-state index contributed by atoms with van der Waals surface area (Å²) in [5.74, 6) is -1.01. The van der Waals surface area contributed by atoms with Crippen molar-refractivity contribution >= 4 is 28.9 Å². The summed E-state index contributed by atoms with van der Waals surface area (Å²) in [6, 6.07) is 10.3. The van der Waals surface area contributed by atoms with Crippen molar-refractivity contribution in [1.29, 1.82) is 0 Å². The van der Waals surface area contributed by atoms with Crippen LogP contribution in [0, 0.1) is 12.7 Å². The average Bonchev–Trinajstić information content (AvgIpc) is 2.42. The molecule has 2 aromatic rings. The first-order valence-corrected chi connectivity index (χ1v) is 6.54. The quantitative estimate of drug-likeness (QED) is 0.590. The number of anilines is 1. The Kier molecular flexibility index (Phi) is 4.49. The number of thiocarbonyl (C=S) groups is 1. The molecule has 0 saturated carbocycles. The van der Waals surface area contributed by atoms with Crippen molar-refractivity contribution in [2.75, 3.05) is 5.32 Å². The Morgan fingerprint density at radius 1 is 1.24 bits per heavy atom. The molecule has 2 rings (SSSR count). The minimum absolute atomic E-state index is 0.0171. The SMILES string of the molecule is Cc1ccc(NC(=S)NC(=O)c2cccc(F)c2)c(O)c1. The second-order valence-corrected chi connectivity index (χ2v) is 4.85. The third-order valence-corrected chi connectivity index (χ3v) is 2.92. The normalized spacial score (nSPS) is 10.0. The van der Waals surface area contributed by atoms with Crippen molar-refractivity contribution in [2.45, 2.75) is 6.92 Å². The molecule has 0 bridgehead atoms. The first-order chi connectivity index (χ1) is 9.95. The van der Waals surface area contributed by atoms with Gasteiger partial charge in [-0.2, -0.15) is 0 Å². The van der Waals surface area contributed by atoms with E-state index in [2.05, 4.69) is 10.6 Å². The average molecular weight is 304 g/mol. The number of benzene rings is 2. The molecule has 0 aromatic heterocycles. The molecule has 0 unspecified atom stereocenters. The van der Waals surface area contributed by atoms with E-state index in [0.717, 1.165) is 11.6 Å². The zero-order valence-electron chi connectivity index (χ0n) is 11.2. The molecule has 6 heteroatoms. The first kappa shape index (κ1) is 14.9. The molecular weight excluding hydrogens is 291 g/mol. The van der Waals surface area contributed by atoms with Gasteiger partial charge >= 0.3 is 0 Å². The van der Waals surface area contributed by atoms with E-state index in [1.807, 2.05) is 6.92 Å². The maximum Gasteiger partial charge on any atom is 0.257 e. The molecular formula is C15H13FN2O2S. The summed E-state index contributed by atoms with van der Waals surface area (Å²) in [4.78, 5) is 11.9. The van der Waals surface area contributed by atoms with Gasteiger partial charge in [-0.15, -0.1) is 0 Å². The van der Waals surface area contributed by atoms with Crippen LogP contribution in [0.25, 0.3) is 0 Å². The minimum Gasteiger partial charge on any atom is -0.506 e. The Labute approximate surface area is 126 Å². The van der Waals surface area contributed by atoms with E-state index in [0.29, 0.717) is 5.69 Å². The van der Waals surface area contributed by atoms with E-state index in [4.69, 9.17) is 12.2 Å². The number of rotatable bonds is 2. The molecule has 4 nitrogen and oxygen atoms in total. The van der Waals surface area contributed by atoms with Crippen molar-refractivity contribution in [3.8, 4) is 5.75 Å². The highest BCUT2D eigenvalue weighted by Gasteiger charge is 2.10. The zero-order valence-corrected chi connectivity index (χ0v) is 12.0. The highest BCUT2D eigenvalue weighted by molar-refractivity contribution is 7.80. The van der Waals surface area contributed by atoms with E-state index in [9.17, 15) is 14.3 Å². The molecule has 1 amide bonds. The molecule has 0 aliphatic carbocycles. The number of phenolic OH excluding ortho intramolecular Hbond substituents is 1. The summed E-state index contributed by atoms with van der Waals surface area (Å²) in [7, 11) is 0. The molecule has 108 valence electrons. The summed E-state index contributed by atoms with van der Waals surface area (Å²) in [5.41, 5.74) is 1.44. The van der Waals surface area contributed by atoms with E-state index >= 15 is 0 Å². The van der Waals surface area contributed by atoms with Gasteiger partial charge in [0.15, 0.2) is 5.11 Å². The summed E-state index contributed by atoms with van der Waals surface area (Å²) >= 11 is 4.99. The first-order valence-electron chi connectivity index (χ1n) is 6.13. The Bertz CT molecular complexity index is 704. The molecule has 0 saturated heterocycles. The maximum absolute atomic E-state index is 13.0. The summed E-state index contributed by atoms with van der Waals surface area (Å²) in [6.07, 6.45) is 0. The van der Waals surface area contributed by atoms with Crippen molar-refractivity contribution in [3.05, 3.63) is 59.4 Å². The molecule has 0 aliphatic rings. The highest BCUT2D eigenvalue weighted by atomic mass is 32.1. The van der Waals surface area contributed by atoms with Gasteiger partial charge < -0.3 is 10.4 Å². The smallest absolute Gasteiger partial charge is 0.257 e. The van der Waals surface area contributed by atoms with Gasteiger partial charge in [-0.1, -0.05) is 12.1 Å². The molecule has 0 spiro atoms. The van der Waals surface area contributed by atoms with Crippen LogP contribution in [-0.4, -0.2) is 16.1 Å². The number of carbonyl (C=O) groups is 1. The fourth-order valence-corrected chi connectivity index (χ4v) is 1.91. The largest absolute Gasteiger partial charge is 0.506 e. The van der Waals surface area contributed by atoms with Crippen LogP contribution in [0.1, 0.15) is 15.9 Å². The van der Waals surface area contributed by atoms with Crippen LogP contribution >= 0.6 is 12.2 Å². The second-order valence-electron chi connectivity index (χ2n) is 4.44. The predicted octanol–water partition coefficient (Wildman–Crippen LogP) is 2.97. The predicted molar refractivity (Wildman–Crippen MR) is 82.9 cm³/mol. The van der Waals surface area contributed by atoms with Gasteiger partial charge in [-0.25, -0.2) is 4.39 Å².